The second kappa shape index (κ2) is 8.51. The van der Waals surface area contributed by atoms with Gasteiger partial charge in [0.2, 0.25) is 0 Å². The predicted molar refractivity (Wildman–Crippen MR) is 72.8 cm³/mol. The zero-order valence-electron chi connectivity index (χ0n) is 12.2. The van der Waals surface area contributed by atoms with E-state index in [1.807, 2.05) is 6.92 Å². The second-order valence-corrected chi connectivity index (χ2v) is 5.28. The van der Waals surface area contributed by atoms with E-state index in [1.54, 1.807) is 7.11 Å². The Morgan fingerprint density at radius 3 is 2.74 bits per heavy atom. The molecule has 1 fully saturated rings. The standard InChI is InChI=1S/C14H27NO4/c1-12-6-3-4-7-14(12,15)13(16)19-11-10-18-9-5-8-17-2/h12H,3-11,15H2,1-2H3. The van der Waals surface area contributed by atoms with Crippen molar-refractivity contribution < 1.29 is 19.0 Å². The van der Waals surface area contributed by atoms with Gasteiger partial charge in [-0.2, -0.15) is 0 Å². The number of hydrogen-bond acceptors (Lipinski definition) is 5. The molecule has 5 heteroatoms. The molecule has 0 amide bonds. The van der Waals surface area contributed by atoms with Crippen molar-refractivity contribution in [1.82, 2.24) is 0 Å². The first-order chi connectivity index (χ1) is 9.11. The lowest BCUT2D eigenvalue weighted by Gasteiger charge is -2.36. The zero-order chi connectivity index (χ0) is 14.1. The minimum atomic E-state index is -0.797. The third-order valence-corrected chi connectivity index (χ3v) is 3.83. The van der Waals surface area contributed by atoms with Gasteiger partial charge in [0.05, 0.1) is 6.61 Å². The van der Waals surface area contributed by atoms with Crippen LogP contribution in [0.5, 0.6) is 0 Å². The van der Waals surface area contributed by atoms with E-state index in [0.29, 0.717) is 19.8 Å². The molecule has 1 saturated carbocycles. The Morgan fingerprint density at radius 2 is 2.05 bits per heavy atom. The van der Waals surface area contributed by atoms with E-state index in [0.717, 1.165) is 32.1 Å². The van der Waals surface area contributed by atoms with Gasteiger partial charge < -0.3 is 19.9 Å². The van der Waals surface area contributed by atoms with Crippen molar-refractivity contribution in [3.63, 3.8) is 0 Å². The molecule has 0 aromatic heterocycles. The monoisotopic (exact) mass is 273 g/mol. The van der Waals surface area contributed by atoms with Gasteiger partial charge in [0, 0.05) is 20.3 Å². The molecule has 112 valence electrons. The highest BCUT2D eigenvalue weighted by Crippen LogP contribution is 2.32. The lowest BCUT2D eigenvalue weighted by molar-refractivity contribution is -0.155. The van der Waals surface area contributed by atoms with Crippen LogP contribution in [-0.4, -0.2) is 45.0 Å². The first-order valence-corrected chi connectivity index (χ1v) is 7.14. The van der Waals surface area contributed by atoms with Gasteiger partial charge in [-0.05, 0) is 25.2 Å². The van der Waals surface area contributed by atoms with E-state index in [1.165, 1.54) is 0 Å². The van der Waals surface area contributed by atoms with Crippen LogP contribution in [0.2, 0.25) is 0 Å². The molecule has 0 spiro atoms. The van der Waals surface area contributed by atoms with Gasteiger partial charge in [-0.3, -0.25) is 4.79 Å². The molecule has 2 atom stereocenters. The van der Waals surface area contributed by atoms with Crippen LogP contribution in [-0.2, 0) is 19.0 Å². The molecule has 5 nitrogen and oxygen atoms in total. The predicted octanol–water partition coefficient (Wildman–Crippen LogP) is 1.49. The van der Waals surface area contributed by atoms with Gasteiger partial charge in [0.1, 0.15) is 12.1 Å². The number of carbonyl (C=O) groups is 1. The molecule has 1 aliphatic rings. The fourth-order valence-electron chi connectivity index (χ4n) is 2.41. The molecule has 0 aromatic rings. The first-order valence-electron chi connectivity index (χ1n) is 7.14. The van der Waals surface area contributed by atoms with Gasteiger partial charge in [0.25, 0.3) is 0 Å². The Balaban J connectivity index is 2.16. The van der Waals surface area contributed by atoms with Gasteiger partial charge in [-0.1, -0.05) is 19.8 Å². The topological polar surface area (TPSA) is 70.8 Å². The van der Waals surface area contributed by atoms with Crippen molar-refractivity contribution >= 4 is 5.97 Å². The normalized spacial score (nSPS) is 27.2. The molecule has 0 heterocycles. The van der Waals surface area contributed by atoms with Gasteiger partial charge >= 0.3 is 5.97 Å². The molecule has 2 N–H and O–H groups in total. The van der Waals surface area contributed by atoms with Gasteiger partial charge in [-0.15, -0.1) is 0 Å². The highest BCUT2D eigenvalue weighted by molar-refractivity contribution is 5.81. The summed E-state index contributed by atoms with van der Waals surface area (Å²) in [6.45, 7) is 4.03. The van der Waals surface area contributed by atoms with Crippen molar-refractivity contribution in [3.8, 4) is 0 Å². The molecule has 0 bridgehead atoms. The van der Waals surface area contributed by atoms with Crippen molar-refractivity contribution in [3.05, 3.63) is 0 Å². The first kappa shape index (κ1) is 16.4. The summed E-state index contributed by atoms with van der Waals surface area (Å²) < 4.78 is 15.5. The SMILES string of the molecule is COCCCOCCOC(=O)C1(N)CCCCC1C. The maximum Gasteiger partial charge on any atom is 0.326 e. The minimum Gasteiger partial charge on any atom is -0.462 e. The van der Waals surface area contributed by atoms with Crippen LogP contribution >= 0.6 is 0 Å². The van der Waals surface area contributed by atoms with Crippen LogP contribution in [0.3, 0.4) is 0 Å². The number of rotatable bonds is 8. The summed E-state index contributed by atoms with van der Waals surface area (Å²) in [5.41, 5.74) is 5.40. The Labute approximate surface area is 115 Å². The van der Waals surface area contributed by atoms with Crippen LogP contribution in [0, 0.1) is 5.92 Å². The molecular formula is C14H27NO4. The number of nitrogens with two attached hydrogens (primary N) is 1. The molecule has 0 aliphatic heterocycles. The summed E-state index contributed by atoms with van der Waals surface area (Å²) in [5.74, 6) is -0.0865. The van der Waals surface area contributed by atoms with Crippen LogP contribution in [0.15, 0.2) is 0 Å². The summed E-state index contributed by atoms with van der Waals surface area (Å²) in [7, 11) is 1.66. The quantitative estimate of drug-likeness (QED) is 0.536. The lowest BCUT2D eigenvalue weighted by atomic mass is 9.74. The van der Waals surface area contributed by atoms with Crippen molar-refractivity contribution in [1.29, 1.82) is 0 Å². The van der Waals surface area contributed by atoms with Crippen LogP contribution in [0.4, 0.5) is 0 Å². The number of carbonyl (C=O) groups excluding carboxylic acids is 1. The fourth-order valence-corrected chi connectivity index (χ4v) is 2.41. The van der Waals surface area contributed by atoms with Crippen LogP contribution in [0.1, 0.15) is 39.0 Å². The maximum atomic E-state index is 12.0. The minimum absolute atomic E-state index is 0.191. The number of hydrogen-bond donors (Lipinski definition) is 1. The zero-order valence-corrected chi connectivity index (χ0v) is 12.2. The van der Waals surface area contributed by atoms with E-state index >= 15 is 0 Å². The van der Waals surface area contributed by atoms with E-state index in [-0.39, 0.29) is 18.5 Å². The Bertz CT molecular complexity index is 272. The maximum absolute atomic E-state index is 12.0. The van der Waals surface area contributed by atoms with E-state index in [9.17, 15) is 4.79 Å². The molecule has 2 unspecified atom stereocenters. The summed E-state index contributed by atoms with van der Waals surface area (Å²) in [5, 5.41) is 0. The second-order valence-electron chi connectivity index (χ2n) is 5.28. The van der Waals surface area contributed by atoms with Crippen molar-refractivity contribution in [2.75, 3.05) is 33.5 Å². The lowest BCUT2D eigenvalue weighted by Crippen LogP contribution is -2.55. The van der Waals surface area contributed by atoms with E-state index in [2.05, 4.69) is 0 Å². The molecular weight excluding hydrogens is 246 g/mol. The summed E-state index contributed by atoms with van der Waals surface area (Å²) in [6.07, 6.45) is 4.72. The average Bonchev–Trinajstić information content (AvgIpc) is 2.41. The molecule has 0 saturated heterocycles. The number of esters is 1. The smallest absolute Gasteiger partial charge is 0.326 e. The summed E-state index contributed by atoms with van der Waals surface area (Å²) >= 11 is 0. The molecule has 0 radical (unpaired) electrons. The van der Waals surface area contributed by atoms with Crippen LogP contribution < -0.4 is 5.73 Å². The Hall–Kier alpha value is -0.650. The summed E-state index contributed by atoms with van der Waals surface area (Å²) in [6, 6.07) is 0. The third-order valence-electron chi connectivity index (χ3n) is 3.83. The molecule has 1 aliphatic carbocycles. The highest BCUT2D eigenvalue weighted by Gasteiger charge is 2.42. The number of methoxy groups -OCH3 is 1. The van der Waals surface area contributed by atoms with Crippen LogP contribution in [0.25, 0.3) is 0 Å². The molecule has 1 rings (SSSR count). The van der Waals surface area contributed by atoms with Gasteiger partial charge in [-0.25, -0.2) is 0 Å². The Morgan fingerprint density at radius 1 is 1.26 bits per heavy atom. The highest BCUT2D eigenvalue weighted by atomic mass is 16.6. The van der Waals surface area contributed by atoms with Gasteiger partial charge in [0.15, 0.2) is 0 Å². The number of ether oxygens (including phenoxy) is 3. The van der Waals surface area contributed by atoms with Crippen molar-refractivity contribution in [2.24, 2.45) is 11.7 Å². The fraction of sp³-hybridized carbons (Fsp3) is 0.929. The third kappa shape index (κ3) is 5.09. The molecule has 19 heavy (non-hydrogen) atoms. The van der Waals surface area contributed by atoms with E-state index < -0.39 is 5.54 Å². The average molecular weight is 273 g/mol. The largest absolute Gasteiger partial charge is 0.462 e. The summed E-state index contributed by atoms with van der Waals surface area (Å²) in [4.78, 5) is 12.0. The van der Waals surface area contributed by atoms with E-state index in [4.69, 9.17) is 19.9 Å². The molecule has 0 aromatic carbocycles. The Kier molecular flexibility index (Phi) is 7.34. The van der Waals surface area contributed by atoms with Crippen molar-refractivity contribution in [2.45, 2.75) is 44.6 Å².